The van der Waals surface area contributed by atoms with E-state index in [1.807, 2.05) is 6.92 Å². The normalized spacial score (nSPS) is 14.3. The summed E-state index contributed by atoms with van der Waals surface area (Å²) in [6, 6.07) is 21.8. The van der Waals surface area contributed by atoms with Gasteiger partial charge in [-0.05, 0) is 84.8 Å². The number of carbonyl (C=O) groups is 2. The van der Waals surface area contributed by atoms with Gasteiger partial charge >= 0.3 is 5.97 Å². The Kier molecular flexibility index (Phi) is 13.7. The third-order valence-corrected chi connectivity index (χ3v) is 11.6. The van der Waals surface area contributed by atoms with Gasteiger partial charge in [0.2, 0.25) is 6.04 Å². The number of phenols is 1. The fraction of sp³-hybridized carbons (Fsp3) is 0.103. The molecule has 1 amide bonds. The number of fused-ring (bicyclic) bond motifs is 2. The van der Waals surface area contributed by atoms with Crippen molar-refractivity contribution in [3.8, 4) is 11.5 Å². The van der Waals surface area contributed by atoms with Crippen LogP contribution in [0.3, 0.4) is 0 Å². The molecule has 64 heavy (non-hydrogen) atoms. The van der Waals surface area contributed by atoms with Gasteiger partial charge in [0.05, 0.1) is 58.8 Å². The SMILES string of the molecule is COc1cc(/N=N/c2ccc3c(SOOO)cccc3c2S(=O)(=O)O)c(C)cc1NNc1c(SOOO)cc2cc(/N=N/C3C(=O)N(c4ccc(C)cc4)N=C3C(=O)O)ccc2c1O. The first-order valence-electron chi connectivity index (χ1n) is 18.1. The topological polar surface area (TPSA) is 305 Å². The number of rotatable bonds is 17. The molecule has 6 aromatic rings. The molecule has 0 aromatic heterocycles. The maximum atomic E-state index is 13.2. The van der Waals surface area contributed by atoms with Crippen LogP contribution in [-0.2, 0) is 38.5 Å². The number of amides is 1. The summed E-state index contributed by atoms with van der Waals surface area (Å²) in [4.78, 5) is 25.3. The van der Waals surface area contributed by atoms with Gasteiger partial charge in [-0.3, -0.25) is 20.2 Å². The smallest absolute Gasteiger partial charge is 0.355 e. The number of methoxy groups -OCH3 is 1. The molecule has 7 rings (SSSR count). The maximum absolute atomic E-state index is 13.2. The second kappa shape index (κ2) is 19.3. The van der Waals surface area contributed by atoms with Crippen molar-refractivity contribution >= 4 is 107 Å². The Hall–Kier alpha value is -6.78. The molecule has 25 heteroatoms. The number of hydrogen-bond acceptors (Lipinski definition) is 21. The van der Waals surface area contributed by atoms with Gasteiger partial charge in [-0.15, -0.1) is 13.8 Å². The van der Waals surface area contributed by atoms with Crippen LogP contribution in [0.25, 0.3) is 21.5 Å². The zero-order valence-electron chi connectivity index (χ0n) is 33.1. The number of aromatic hydroxyl groups is 1. The molecule has 0 spiro atoms. The van der Waals surface area contributed by atoms with Gasteiger partial charge in [0, 0.05) is 21.7 Å². The molecule has 0 saturated carbocycles. The summed E-state index contributed by atoms with van der Waals surface area (Å²) >= 11 is 1.13. The number of hydrogen-bond donors (Lipinski definition) is 7. The van der Waals surface area contributed by atoms with E-state index in [9.17, 15) is 32.8 Å². The Balaban J connectivity index is 1.14. The highest BCUT2D eigenvalue weighted by Crippen LogP contribution is 2.44. The predicted octanol–water partition coefficient (Wildman–Crippen LogP) is 9.22. The summed E-state index contributed by atoms with van der Waals surface area (Å²) in [5, 5.41) is 68.8. The molecule has 0 aliphatic carbocycles. The molecule has 6 aromatic carbocycles. The third-order valence-electron chi connectivity index (χ3n) is 9.38. The minimum atomic E-state index is -4.84. The van der Waals surface area contributed by atoms with Gasteiger partial charge in [0.1, 0.15) is 27.8 Å². The highest BCUT2D eigenvalue weighted by atomic mass is 32.2. The van der Waals surface area contributed by atoms with Crippen LogP contribution in [0.1, 0.15) is 11.1 Å². The van der Waals surface area contributed by atoms with Crippen molar-refractivity contribution in [3.05, 3.63) is 102 Å². The summed E-state index contributed by atoms with van der Waals surface area (Å²) < 4.78 is 50.2. The molecule has 0 bridgehead atoms. The Bertz CT molecular complexity index is 3010. The standard InChI is InChI=1S/C39H32N8O14S3/c1-19-7-10-23(11-8-19)47-38(49)34(35(46-47)39(50)51)45-40-22-9-12-24-21(16-22)17-32(63-61-59-53)33(36(24)48)44-43-29-15-20(2)28(18-30(29)57-3)42-41-27-14-13-25-26(37(27)64(54,55)56)5-4-6-31(25)62-60-58-52/h4-18,34,43-44,48,52-53H,1-3H3,(H,50,51)(H,54,55,56)/b42-41+,45-40+. The maximum Gasteiger partial charge on any atom is 0.355 e. The molecule has 1 aliphatic heterocycles. The fourth-order valence-electron chi connectivity index (χ4n) is 6.41. The Morgan fingerprint density at radius 1 is 0.828 bits per heavy atom. The average Bonchev–Trinajstić information content (AvgIpc) is 3.61. The van der Waals surface area contributed by atoms with E-state index in [2.05, 4.69) is 50.8 Å². The van der Waals surface area contributed by atoms with Crippen LogP contribution in [0.15, 0.2) is 131 Å². The lowest BCUT2D eigenvalue weighted by Gasteiger charge is -2.18. The molecule has 0 saturated heterocycles. The summed E-state index contributed by atoms with van der Waals surface area (Å²) in [6.45, 7) is 3.54. The third kappa shape index (κ3) is 9.57. The van der Waals surface area contributed by atoms with Gasteiger partial charge in [-0.25, -0.2) is 15.3 Å². The first kappa shape index (κ1) is 45.3. The van der Waals surface area contributed by atoms with E-state index in [4.69, 9.17) is 19.6 Å². The first-order chi connectivity index (χ1) is 30.7. The van der Waals surface area contributed by atoms with Crippen LogP contribution in [0.2, 0.25) is 0 Å². The van der Waals surface area contributed by atoms with Crippen molar-refractivity contribution in [1.29, 1.82) is 0 Å². The predicted molar refractivity (Wildman–Crippen MR) is 232 cm³/mol. The number of nitrogens with zero attached hydrogens (tertiary/aromatic N) is 6. The minimum Gasteiger partial charge on any atom is -0.505 e. The van der Waals surface area contributed by atoms with Crippen LogP contribution in [-0.4, -0.2) is 64.4 Å². The molecule has 1 atom stereocenters. The summed E-state index contributed by atoms with van der Waals surface area (Å²) in [5.41, 5.74) is 7.77. The molecule has 0 fully saturated rings. The van der Waals surface area contributed by atoms with Crippen LogP contribution in [0.5, 0.6) is 11.5 Å². The fourth-order valence-corrected chi connectivity index (χ4v) is 8.25. The second-order valence-corrected chi connectivity index (χ2v) is 16.2. The number of hydrazone groups is 1. The number of hydrazine groups is 1. The minimum absolute atomic E-state index is 0.0495. The van der Waals surface area contributed by atoms with Crippen molar-refractivity contribution in [1.82, 2.24) is 0 Å². The number of nitrogens with one attached hydrogen (secondary N) is 2. The lowest BCUT2D eigenvalue weighted by Crippen LogP contribution is -2.33. The molecule has 1 unspecified atom stereocenters. The van der Waals surface area contributed by atoms with Gasteiger partial charge in [-0.2, -0.15) is 33.9 Å². The van der Waals surface area contributed by atoms with Crippen LogP contribution in [0, 0.1) is 13.8 Å². The van der Waals surface area contributed by atoms with Gasteiger partial charge in [-0.1, -0.05) is 46.0 Å². The van der Waals surface area contributed by atoms with Crippen LogP contribution >= 0.6 is 24.1 Å². The van der Waals surface area contributed by atoms with Crippen molar-refractivity contribution in [2.24, 2.45) is 25.6 Å². The van der Waals surface area contributed by atoms with E-state index in [-0.39, 0.29) is 44.5 Å². The lowest BCUT2D eigenvalue weighted by atomic mass is 10.1. The summed E-state index contributed by atoms with van der Waals surface area (Å²) in [5.74, 6) is -2.25. The summed E-state index contributed by atoms with van der Waals surface area (Å²) in [7, 11) is -3.46. The Morgan fingerprint density at radius 2 is 1.53 bits per heavy atom. The largest absolute Gasteiger partial charge is 0.505 e. The number of carboxylic acids is 1. The monoisotopic (exact) mass is 932 g/mol. The van der Waals surface area contributed by atoms with Gasteiger partial charge in [0.25, 0.3) is 16.0 Å². The van der Waals surface area contributed by atoms with Crippen molar-refractivity contribution in [2.45, 2.75) is 34.6 Å². The number of carboxylic acid groups (broad SMARTS) is 1. The van der Waals surface area contributed by atoms with E-state index in [1.54, 1.807) is 49.4 Å². The number of ether oxygens (including phenoxy) is 1. The van der Waals surface area contributed by atoms with Gasteiger partial charge in [0.15, 0.2) is 5.71 Å². The number of phenolic OH excluding ortho intramolecular Hbond substituents is 1. The average molecular weight is 933 g/mol. The first-order valence-corrected chi connectivity index (χ1v) is 21.0. The molecular weight excluding hydrogens is 901 g/mol. The Labute approximate surface area is 369 Å². The van der Waals surface area contributed by atoms with Crippen molar-refractivity contribution < 1.29 is 66.8 Å². The molecule has 7 N–H and O–H groups in total. The molecule has 1 heterocycles. The lowest BCUT2D eigenvalue weighted by molar-refractivity contribution is -0.432. The Morgan fingerprint density at radius 3 is 2.22 bits per heavy atom. The number of aliphatic carboxylic acids is 1. The number of anilines is 3. The van der Waals surface area contributed by atoms with Crippen molar-refractivity contribution in [2.75, 3.05) is 23.0 Å². The molecule has 330 valence electrons. The molecule has 1 aliphatic rings. The highest BCUT2D eigenvalue weighted by molar-refractivity contribution is 7.95. The summed E-state index contributed by atoms with van der Waals surface area (Å²) in [6.07, 6.45) is 0. The number of carbonyl (C=O) groups excluding carboxylic acids is 1. The number of azo groups is 2. The van der Waals surface area contributed by atoms with Crippen LogP contribution in [0.4, 0.5) is 34.1 Å². The molecule has 0 radical (unpaired) electrons. The van der Waals surface area contributed by atoms with Gasteiger partial charge < -0.3 is 14.9 Å². The second-order valence-electron chi connectivity index (χ2n) is 13.4. The number of aryl methyl sites for hydroxylation is 2. The van der Waals surface area contributed by atoms with E-state index in [1.165, 1.54) is 55.6 Å². The molecule has 22 nitrogen and oxygen atoms in total. The van der Waals surface area contributed by atoms with E-state index >= 15 is 0 Å². The van der Waals surface area contributed by atoms with E-state index in [0.717, 1.165) is 10.6 Å². The quantitative estimate of drug-likeness (QED) is 0.0112. The van der Waals surface area contributed by atoms with E-state index < -0.39 is 38.6 Å². The highest BCUT2D eigenvalue weighted by Gasteiger charge is 2.41. The van der Waals surface area contributed by atoms with E-state index in [0.29, 0.717) is 62.1 Å². The zero-order valence-corrected chi connectivity index (χ0v) is 35.5. The number of benzene rings is 6. The molecular formula is C39H32N8O14S3. The zero-order chi connectivity index (χ0) is 45.7. The van der Waals surface area contributed by atoms with Crippen LogP contribution < -0.4 is 20.6 Å². The van der Waals surface area contributed by atoms with Crippen molar-refractivity contribution in [3.63, 3.8) is 0 Å².